The van der Waals surface area contributed by atoms with Gasteiger partial charge in [-0.05, 0) is 42.3 Å². The van der Waals surface area contributed by atoms with Gasteiger partial charge in [0.15, 0.2) is 0 Å². The molecule has 2 aromatic carbocycles. The maximum atomic E-state index is 13.4. The van der Waals surface area contributed by atoms with E-state index < -0.39 is 0 Å². The van der Waals surface area contributed by atoms with Gasteiger partial charge < -0.3 is 15.2 Å². The van der Waals surface area contributed by atoms with E-state index in [-0.39, 0.29) is 18.5 Å². The fourth-order valence-electron chi connectivity index (χ4n) is 2.16. The van der Waals surface area contributed by atoms with Gasteiger partial charge in [-0.25, -0.2) is 4.39 Å². The Balaban J connectivity index is 2.31. The Morgan fingerprint density at radius 3 is 2.70 bits per heavy atom. The van der Waals surface area contributed by atoms with Crippen molar-refractivity contribution in [2.75, 3.05) is 19.0 Å². The molecule has 3 nitrogen and oxygen atoms in total. The highest BCUT2D eigenvalue weighted by Crippen LogP contribution is 2.29. The number of aliphatic hydroxyl groups is 1. The minimum Gasteiger partial charge on any atom is -0.495 e. The van der Waals surface area contributed by atoms with Crippen LogP contribution >= 0.6 is 0 Å². The fourth-order valence-corrected chi connectivity index (χ4v) is 2.16. The van der Waals surface area contributed by atoms with Crippen LogP contribution in [-0.4, -0.2) is 18.8 Å². The van der Waals surface area contributed by atoms with Crippen molar-refractivity contribution in [3.8, 4) is 5.75 Å². The van der Waals surface area contributed by atoms with Crippen molar-refractivity contribution >= 4 is 5.69 Å². The van der Waals surface area contributed by atoms with Crippen molar-refractivity contribution in [1.82, 2.24) is 0 Å². The molecular formula is C16H18FNO2. The third-order valence-corrected chi connectivity index (χ3v) is 3.24. The first-order valence-corrected chi connectivity index (χ1v) is 6.42. The van der Waals surface area contributed by atoms with E-state index >= 15 is 0 Å². The lowest BCUT2D eigenvalue weighted by atomic mass is 10.0. The van der Waals surface area contributed by atoms with E-state index in [0.717, 1.165) is 16.8 Å². The van der Waals surface area contributed by atoms with E-state index in [0.29, 0.717) is 5.75 Å². The molecule has 0 saturated heterocycles. The Hall–Kier alpha value is -2.07. The predicted molar refractivity (Wildman–Crippen MR) is 77.6 cm³/mol. The average molecular weight is 275 g/mol. The zero-order chi connectivity index (χ0) is 14.5. The Morgan fingerprint density at radius 1 is 1.25 bits per heavy atom. The molecule has 0 heterocycles. The molecule has 0 aliphatic carbocycles. The molecular weight excluding hydrogens is 257 g/mol. The molecule has 4 heteroatoms. The molecule has 2 N–H and O–H groups in total. The van der Waals surface area contributed by atoms with Gasteiger partial charge in [0.25, 0.3) is 0 Å². The largest absolute Gasteiger partial charge is 0.495 e. The van der Waals surface area contributed by atoms with E-state index in [9.17, 15) is 9.50 Å². The van der Waals surface area contributed by atoms with Crippen LogP contribution in [0.1, 0.15) is 17.2 Å². The molecule has 0 radical (unpaired) electrons. The number of halogens is 1. The fraction of sp³-hybridized carbons (Fsp3) is 0.250. The zero-order valence-corrected chi connectivity index (χ0v) is 11.6. The zero-order valence-electron chi connectivity index (χ0n) is 11.6. The van der Waals surface area contributed by atoms with Crippen LogP contribution in [0.5, 0.6) is 5.75 Å². The molecule has 1 unspecified atom stereocenters. The smallest absolute Gasteiger partial charge is 0.141 e. The topological polar surface area (TPSA) is 41.5 Å². The summed E-state index contributed by atoms with van der Waals surface area (Å²) < 4.78 is 18.7. The Morgan fingerprint density at radius 2 is 2.00 bits per heavy atom. The second-order valence-electron chi connectivity index (χ2n) is 4.58. The minimum atomic E-state index is -0.387. The Bertz CT molecular complexity index is 586. The van der Waals surface area contributed by atoms with Gasteiger partial charge in [-0.2, -0.15) is 0 Å². The SMILES string of the molecule is COc1ccccc1NC(CO)c1cc(F)ccc1C. The normalized spacial score (nSPS) is 12.0. The number of rotatable bonds is 5. The number of ether oxygens (including phenoxy) is 1. The summed E-state index contributed by atoms with van der Waals surface area (Å²) in [6.07, 6.45) is 0. The molecule has 106 valence electrons. The van der Waals surface area contributed by atoms with Crippen molar-refractivity contribution in [1.29, 1.82) is 0 Å². The summed E-state index contributed by atoms with van der Waals surface area (Å²) in [6, 6.07) is 11.6. The highest BCUT2D eigenvalue weighted by molar-refractivity contribution is 5.57. The Kier molecular flexibility index (Phi) is 4.58. The van der Waals surface area contributed by atoms with Crippen LogP contribution in [0.3, 0.4) is 0 Å². The molecule has 2 rings (SSSR count). The summed E-state index contributed by atoms with van der Waals surface area (Å²) in [5, 5.41) is 12.8. The second kappa shape index (κ2) is 6.39. The molecule has 0 spiro atoms. The van der Waals surface area contributed by atoms with Crippen molar-refractivity contribution in [3.05, 3.63) is 59.4 Å². The van der Waals surface area contributed by atoms with E-state index in [1.807, 2.05) is 31.2 Å². The highest BCUT2D eigenvalue weighted by Gasteiger charge is 2.15. The summed E-state index contributed by atoms with van der Waals surface area (Å²) in [6.45, 7) is 1.75. The lowest BCUT2D eigenvalue weighted by Crippen LogP contribution is -2.16. The molecule has 0 fully saturated rings. The van der Waals surface area contributed by atoms with E-state index in [2.05, 4.69) is 5.32 Å². The van der Waals surface area contributed by atoms with Crippen LogP contribution in [0, 0.1) is 12.7 Å². The van der Waals surface area contributed by atoms with Gasteiger partial charge in [-0.3, -0.25) is 0 Å². The van der Waals surface area contributed by atoms with Gasteiger partial charge in [0.2, 0.25) is 0 Å². The van der Waals surface area contributed by atoms with E-state index in [1.165, 1.54) is 12.1 Å². The van der Waals surface area contributed by atoms with Crippen LogP contribution in [0.25, 0.3) is 0 Å². The summed E-state index contributed by atoms with van der Waals surface area (Å²) in [5.74, 6) is 0.367. The number of hydrogen-bond acceptors (Lipinski definition) is 3. The number of hydrogen-bond donors (Lipinski definition) is 2. The van der Waals surface area contributed by atoms with Gasteiger partial charge in [0, 0.05) is 0 Å². The Labute approximate surface area is 118 Å². The number of anilines is 1. The maximum absolute atomic E-state index is 13.4. The van der Waals surface area contributed by atoms with Crippen LogP contribution < -0.4 is 10.1 Å². The monoisotopic (exact) mass is 275 g/mol. The molecule has 0 amide bonds. The average Bonchev–Trinajstić information content (AvgIpc) is 2.48. The van der Waals surface area contributed by atoms with Crippen molar-refractivity contribution in [2.45, 2.75) is 13.0 Å². The van der Waals surface area contributed by atoms with Crippen LogP contribution in [0.4, 0.5) is 10.1 Å². The quantitative estimate of drug-likeness (QED) is 0.879. The summed E-state index contributed by atoms with van der Waals surface area (Å²) >= 11 is 0. The third-order valence-electron chi connectivity index (χ3n) is 3.24. The molecule has 0 aromatic heterocycles. The second-order valence-corrected chi connectivity index (χ2v) is 4.58. The molecule has 20 heavy (non-hydrogen) atoms. The van der Waals surface area contributed by atoms with E-state index in [1.54, 1.807) is 13.2 Å². The molecule has 1 atom stereocenters. The number of aryl methyl sites for hydroxylation is 1. The molecule has 0 bridgehead atoms. The summed E-state index contributed by atoms with van der Waals surface area (Å²) in [7, 11) is 1.59. The molecule has 0 aliphatic rings. The molecule has 2 aromatic rings. The highest BCUT2D eigenvalue weighted by atomic mass is 19.1. The van der Waals surface area contributed by atoms with Crippen LogP contribution in [0.15, 0.2) is 42.5 Å². The van der Waals surface area contributed by atoms with Crippen LogP contribution in [-0.2, 0) is 0 Å². The summed E-state index contributed by atoms with van der Waals surface area (Å²) in [5.41, 5.74) is 2.42. The lowest BCUT2D eigenvalue weighted by molar-refractivity contribution is 0.275. The van der Waals surface area contributed by atoms with Gasteiger partial charge in [-0.15, -0.1) is 0 Å². The van der Waals surface area contributed by atoms with Crippen LogP contribution in [0.2, 0.25) is 0 Å². The number of benzene rings is 2. The summed E-state index contributed by atoms with van der Waals surface area (Å²) in [4.78, 5) is 0. The van der Waals surface area contributed by atoms with Gasteiger partial charge in [0.1, 0.15) is 11.6 Å². The number of aliphatic hydroxyl groups excluding tert-OH is 1. The van der Waals surface area contributed by atoms with Gasteiger partial charge in [-0.1, -0.05) is 18.2 Å². The third kappa shape index (κ3) is 3.08. The van der Waals surface area contributed by atoms with Crippen molar-refractivity contribution in [2.24, 2.45) is 0 Å². The molecule has 0 aliphatic heterocycles. The standard InChI is InChI=1S/C16H18FNO2/c1-11-7-8-12(17)9-13(11)15(10-19)18-14-5-3-4-6-16(14)20-2/h3-9,15,18-19H,10H2,1-2H3. The minimum absolute atomic E-state index is 0.137. The first kappa shape index (κ1) is 14.3. The van der Waals surface area contributed by atoms with Gasteiger partial charge >= 0.3 is 0 Å². The first-order chi connectivity index (χ1) is 9.65. The van der Waals surface area contributed by atoms with E-state index in [4.69, 9.17) is 4.74 Å². The van der Waals surface area contributed by atoms with Gasteiger partial charge in [0.05, 0.1) is 25.4 Å². The maximum Gasteiger partial charge on any atom is 0.141 e. The molecule has 0 saturated carbocycles. The number of methoxy groups -OCH3 is 1. The number of para-hydroxylation sites is 2. The van der Waals surface area contributed by atoms with Crippen molar-refractivity contribution < 1.29 is 14.2 Å². The lowest BCUT2D eigenvalue weighted by Gasteiger charge is -2.21. The number of nitrogens with one attached hydrogen (secondary N) is 1. The predicted octanol–water partition coefficient (Wildman–Crippen LogP) is 3.29. The van der Waals surface area contributed by atoms with Crippen molar-refractivity contribution in [3.63, 3.8) is 0 Å². The first-order valence-electron chi connectivity index (χ1n) is 6.42.